The summed E-state index contributed by atoms with van der Waals surface area (Å²) in [6.45, 7) is 6.85. The molecule has 7 aromatic rings. The summed E-state index contributed by atoms with van der Waals surface area (Å²) >= 11 is 0. The van der Waals surface area contributed by atoms with Crippen LogP contribution in [0.15, 0.2) is 158 Å². The van der Waals surface area contributed by atoms with Crippen LogP contribution in [-0.2, 0) is 5.41 Å². The summed E-state index contributed by atoms with van der Waals surface area (Å²) < 4.78 is 6.81. The van der Waals surface area contributed by atoms with Crippen LogP contribution in [0.2, 0.25) is 0 Å². The van der Waals surface area contributed by atoms with Gasteiger partial charge in [0.15, 0.2) is 0 Å². The van der Waals surface area contributed by atoms with E-state index in [1.54, 1.807) is 0 Å². The number of rotatable bonds is 4. The Bertz CT molecular complexity index is 2270. The molecular formula is C44H35BN2O. The first-order chi connectivity index (χ1) is 23.5. The van der Waals surface area contributed by atoms with Crippen molar-refractivity contribution in [3.05, 3.63) is 163 Å². The number of para-hydroxylation sites is 4. The van der Waals surface area contributed by atoms with E-state index in [0.29, 0.717) is 0 Å². The van der Waals surface area contributed by atoms with E-state index in [0.717, 1.165) is 34.2 Å². The molecule has 7 aromatic carbocycles. The van der Waals surface area contributed by atoms with Gasteiger partial charge in [0, 0.05) is 33.8 Å². The van der Waals surface area contributed by atoms with Gasteiger partial charge >= 0.3 is 0 Å². The Hall–Kier alpha value is -5.74. The third kappa shape index (κ3) is 4.44. The largest absolute Gasteiger partial charge is 0.458 e. The van der Waals surface area contributed by atoms with Gasteiger partial charge in [0.25, 0.3) is 6.71 Å². The quantitative estimate of drug-likeness (QED) is 0.183. The number of benzene rings is 7. The first-order valence-corrected chi connectivity index (χ1v) is 16.7. The number of anilines is 6. The fraction of sp³-hybridized carbons (Fsp3) is 0.0909. The van der Waals surface area contributed by atoms with Crippen molar-refractivity contribution in [3.63, 3.8) is 0 Å². The first-order valence-electron chi connectivity index (χ1n) is 16.7. The lowest BCUT2D eigenvalue weighted by Crippen LogP contribution is -2.59. The molecular weight excluding hydrogens is 583 g/mol. The molecule has 0 aliphatic carbocycles. The second kappa shape index (κ2) is 10.9. The highest BCUT2D eigenvalue weighted by Crippen LogP contribution is 2.47. The average Bonchev–Trinajstić information content (AvgIpc) is 3.12. The SMILES string of the molecule is CC(C)(C)c1cc2c3c(c1)N(c1ccccc1)c1cc(N(c4ccccc4)c4ccccc4)c4ccccc4c1B3c1ccccc1O2. The van der Waals surface area contributed by atoms with E-state index in [2.05, 4.69) is 188 Å². The minimum atomic E-state index is -0.0735. The van der Waals surface area contributed by atoms with Gasteiger partial charge in [-0.2, -0.15) is 0 Å². The van der Waals surface area contributed by atoms with Gasteiger partial charge in [0.1, 0.15) is 11.5 Å². The molecule has 0 fully saturated rings. The molecule has 2 aliphatic rings. The summed E-state index contributed by atoms with van der Waals surface area (Å²) in [7, 11) is 0. The zero-order valence-electron chi connectivity index (χ0n) is 27.4. The van der Waals surface area contributed by atoms with Crippen molar-refractivity contribution in [1.82, 2.24) is 0 Å². The smallest absolute Gasteiger partial charge is 0.257 e. The molecule has 0 unspecified atom stereocenters. The zero-order chi connectivity index (χ0) is 32.4. The van der Waals surface area contributed by atoms with Crippen molar-refractivity contribution in [3.8, 4) is 11.5 Å². The maximum atomic E-state index is 6.81. The summed E-state index contributed by atoms with van der Waals surface area (Å²) in [5.74, 6) is 1.87. The molecule has 2 heterocycles. The predicted molar refractivity (Wildman–Crippen MR) is 203 cm³/mol. The van der Waals surface area contributed by atoms with Gasteiger partial charge in [-0.25, -0.2) is 0 Å². The van der Waals surface area contributed by atoms with Crippen LogP contribution >= 0.6 is 0 Å². The lowest BCUT2D eigenvalue weighted by Gasteiger charge is -2.42. The topological polar surface area (TPSA) is 15.7 Å². The molecule has 0 amide bonds. The van der Waals surface area contributed by atoms with Gasteiger partial charge in [-0.3, -0.25) is 0 Å². The zero-order valence-corrected chi connectivity index (χ0v) is 27.4. The van der Waals surface area contributed by atoms with Crippen molar-refractivity contribution >= 4 is 68.0 Å². The molecule has 2 aliphatic heterocycles. The standard InChI is InChI=1S/C44H35BN2O/c1-44(2,3)30-27-38-43-41(28-30)48-40-26-16-15-25-36(40)45(43)42-35-24-14-13-23-34(35)37(29-39(42)47(38)33-21-11-6-12-22-33)46(31-17-7-4-8-18-31)32-19-9-5-10-20-32/h4-29H,1-3H3. The van der Waals surface area contributed by atoms with E-state index in [1.807, 2.05) is 0 Å². The van der Waals surface area contributed by atoms with E-state index in [-0.39, 0.29) is 12.1 Å². The van der Waals surface area contributed by atoms with E-state index in [1.165, 1.54) is 44.1 Å². The summed E-state index contributed by atoms with van der Waals surface area (Å²) in [6.07, 6.45) is 0. The molecule has 0 radical (unpaired) electrons. The second-order valence-corrected chi connectivity index (χ2v) is 13.8. The van der Waals surface area contributed by atoms with Crippen LogP contribution in [0, 0.1) is 0 Å². The molecule has 4 heteroatoms. The van der Waals surface area contributed by atoms with Crippen LogP contribution in [-0.4, -0.2) is 6.71 Å². The third-order valence-electron chi connectivity index (χ3n) is 9.82. The van der Waals surface area contributed by atoms with Crippen LogP contribution in [0.4, 0.5) is 34.1 Å². The Morgan fingerprint density at radius 3 is 1.77 bits per heavy atom. The molecule has 0 spiro atoms. The molecule has 0 N–H and O–H groups in total. The first kappa shape index (κ1) is 28.5. The van der Waals surface area contributed by atoms with E-state index < -0.39 is 0 Å². The van der Waals surface area contributed by atoms with Crippen LogP contribution < -0.4 is 30.9 Å². The highest BCUT2D eigenvalue weighted by atomic mass is 16.5. The van der Waals surface area contributed by atoms with E-state index in [4.69, 9.17) is 4.74 Å². The van der Waals surface area contributed by atoms with Crippen molar-refractivity contribution in [2.75, 3.05) is 9.80 Å². The molecule has 0 bridgehead atoms. The van der Waals surface area contributed by atoms with Gasteiger partial charge in [0.05, 0.1) is 5.69 Å². The van der Waals surface area contributed by atoms with E-state index >= 15 is 0 Å². The average molecular weight is 619 g/mol. The lowest BCUT2D eigenvalue weighted by molar-refractivity contribution is 0.483. The van der Waals surface area contributed by atoms with Crippen LogP contribution in [0.1, 0.15) is 26.3 Å². The molecule has 0 saturated heterocycles. The number of nitrogens with zero attached hydrogens (tertiary/aromatic N) is 2. The fourth-order valence-electron chi connectivity index (χ4n) is 7.59. The number of hydrogen-bond donors (Lipinski definition) is 0. The van der Waals surface area contributed by atoms with Crippen molar-refractivity contribution in [1.29, 1.82) is 0 Å². The summed E-state index contributed by atoms with van der Waals surface area (Å²) in [5.41, 5.74) is 11.7. The normalized spacial score (nSPS) is 13.0. The lowest BCUT2D eigenvalue weighted by atomic mass is 9.33. The van der Waals surface area contributed by atoms with Gasteiger partial charge in [-0.15, -0.1) is 0 Å². The Labute approximate surface area is 282 Å². The number of ether oxygens (including phenoxy) is 1. The Kier molecular flexibility index (Phi) is 6.48. The van der Waals surface area contributed by atoms with Crippen molar-refractivity contribution < 1.29 is 4.74 Å². The van der Waals surface area contributed by atoms with Gasteiger partial charge in [0.2, 0.25) is 0 Å². The van der Waals surface area contributed by atoms with Crippen molar-refractivity contribution in [2.24, 2.45) is 0 Å². The minimum absolute atomic E-state index is 0.00443. The molecule has 3 nitrogen and oxygen atoms in total. The molecule has 230 valence electrons. The van der Waals surface area contributed by atoms with Gasteiger partial charge in [-0.05, 0) is 93.4 Å². The Balaban J connectivity index is 1.44. The fourth-order valence-corrected chi connectivity index (χ4v) is 7.59. The highest BCUT2D eigenvalue weighted by molar-refractivity contribution is 7.00. The minimum Gasteiger partial charge on any atom is -0.458 e. The molecule has 0 aromatic heterocycles. The maximum Gasteiger partial charge on any atom is 0.257 e. The van der Waals surface area contributed by atoms with Crippen LogP contribution in [0.5, 0.6) is 11.5 Å². The third-order valence-corrected chi connectivity index (χ3v) is 9.82. The summed E-state index contributed by atoms with van der Waals surface area (Å²) in [5, 5.41) is 2.44. The van der Waals surface area contributed by atoms with Crippen LogP contribution in [0.25, 0.3) is 10.8 Å². The monoisotopic (exact) mass is 618 g/mol. The molecule has 9 rings (SSSR count). The number of fused-ring (bicyclic) bond motifs is 6. The molecule has 48 heavy (non-hydrogen) atoms. The predicted octanol–water partition coefficient (Wildman–Crippen LogP) is 10.0. The Morgan fingerprint density at radius 2 is 1.10 bits per heavy atom. The van der Waals surface area contributed by atoms with Gasteiger partial charge < -0.3 is 14.5 Å². The number of hydrogen-bond acceptors (Lipinski definition) is 3. The second-order valence-electron chi connectivity index (χ2n) is 13.8. The van der Waals surface area contributed by atoms with Gasteiger partial charge in [-0.1, -0.05) is 118 Å². The Morgan fingerprint density at radius 1 is 0.542 bits per heavy atom. The van der Waals surface area contributed by atoms with E-state index in [9.17, 15) is 0 Å². The maximum absolute atomic E-state index is 6.81. The summed E-state index contributed by atoms with van der Waals surface area (Å²) in [4.78, 5) is 4.87. The highest BCUT2D eigenvalue weighted by Gasteiger charge is 2.44. The van der Waals surface area contributed by atoms with Crippen LogP contribution in [0.3, 0.4) is 0 Å². The van der Waals surface area contributed by atoms with Crippen molar-refractivity contribution in [2.45, 2.75) is 26.2 Å². The molecule has 0 saturated carbocycles. The summed E-state index contributed by atoms with van der Waals surface area (Å²) in [6, 6.07) is 56.8. The molecule has 0 atom stereocenters.